The maximum absolute atomic E-state index is 12.0. The van der Waals surface area contributed by atoms with E-state index in [-0.39, 0.29) is 5.91 Å². The molecule has 0 spiro atoms. The molecule has 0 aromatic heterocycles. The third kappa shape index (κ3) is 6.12. The number of anilines is 1. The molecule has 0 atom stereocenters. The smallest absolute Gasteiger partial charge is 0.224 e. The maximum atomic E-state index is 12.0. The Bertz CT molecular complexity index is 606. The van der Waals surface area contributed by atoms with E-state index in [1.165, 1.54) is 11.1 Å². The van der Waals surface area contributed by atoms with E-state index in [0.717, 1.165) is 24.3 Å². The zero-order valence-corrected chi connectivity index (χ0v) is 13.5. The lowest BCUT2D eigenvalue weighted by atomic mass is 10.1. The number of nitrogens with one attached hydrogen (secondary N) is 1. The number of benzene rings is 2. The Kier molecular flexibility index (Phi) is 6.63. The number of aryl methyl sites for hydroxylation is 2. The van der Waals surface area contributed by atoms with Crippen molar-refractivity contribution in [2.24, 2.45) is 5.73 Å². The minimum absolute atomic E-state index is 0.0349. The standard InChI is InChI=1S/C19H24N2O2/c1-15-5-7-16(8-6-15)3-2-4-19(22)21-17-9-11-18(12-10-17)23-14-13-20/h5-12H,2-4,13-14,20H2,1H3,(H,21,22). The summed E-state index contributed by atoms with van der Waals surface area (Å²) in [6.07, 6.45) is 2.27. The number of carbonyl (C=O) groups is 1. The van der Waals surface area contributed by atoms with Gasteiger partial charge in [0.25, 0.3) is 0 Å². The van der Waals surface area contributed by atoms with Gasteiger partial charge in [0.05, 0.1) is 0 Å². The molecule has 0 fully saturated rings. The highest BCUT2D eigenvalue weighted by atomic mass is 16.5. The zero-order valence-electron chi connectivity index (χ0n) is 13.5. The van der Waals surface area contributed by atoms with Gasteiger partial charge in [-0.15, -0.1) is 0 Å². The minimum atomic E-state index is 0.0349. The van der Waals surface area contributed by atoms with Crippen molar-refractivity contribution in [2.75, 3.05) is 18.5 Å². The van der Waals surface area contributed by atoms with Crippen LogP contribution in [0.3, 0.4) is 0 Å². The van der Waals surface area contributed by atoms with E-state index in [1.54, 1.807) is 0 Å². The summed E-state index contributed by atoms with van der Waals surface area (Å²) >= 11 is 0. The van der Waals surface area contributed by atoms with E-state index >= 15 is 0 Å². The predicted molar refractivity (Wildman–Crippen MR) is 93.7 cm³/mol. The van der Waals surface area contributed by atoms with Crippen LogP contribution < -0.4 is 15.8 Å². The molecule has 0 aliphatic heterocycles. The Labute approximate surface area is 137 Å². The fourth-order valence-corrected chi connectivity index (χ4v) is 2.24. The molecule has 0 aliphatic carbocycles. The van der Waals surface area contributed by atoms with E-state index in [1.807, 2.05) is 24.3 Å². The molecule has 0 saturated carbocycles. The molecular weight excluding hydrogens is 288 g/mol. The maximum Gasteiger partial charge on any atom is 0.224 e. The Morgan fingerprint density at radius 2 is 1.78 bits per heavy atom. The van der Waals surface area contributed by atoms with Gasteiger partial charge in [-0.1, -0.05) is 29.8 Å². The predicted octanol–water partition coefficient (Wildman–Crippen LogP) is 3.29. The zero-order chi connectivity index (χ0) is 16.5. The molecule has 4 nitrogen and oxygen atoms in total. The number of ether oxygens (including phenoxy) is 1. The summed E-state index contributed by atoms with van der Waals surface area (Å²) in [6.45, 7) is 3.05. The first-order valence-electron chi connectivity index (χ1n) is 7.96. The summed E-state index contributed by atoms with van der Waals surface area (Å²) in [5, 5.41) is 2.90. The van der Waals surface area contributed by atoms with Gasteiger partial charge in [-0.3, -0.25) is 4.79 Å². The molecule has 0 bridgehead atoms. The summed E-state index contributed by atoms with van der Waals surface area (Å²) in [5.74, 6) is 0.792. The fourth-order valence-electron chi connectivity index (χ4n) is 2.24. The highest BCUT2D eigenvalue weighted by Crippen LogP contribution is 2.16. The molecule has 2 aromatic carbocycles. The van der Waals surface area contributed by atoms with Crippen molar-refractivity contribution in [2.45, 2.75) is 26.2 Å². The second-order valence-electron chi connectivity index (χ2n) is 5.55. The average Bonchev–Trinajstić information content (AvgIpc) is 2.56. The second kappa shape index (κ2) is 8.96. The summed E-state index contributed by atoms with van der Waals surface area (Å²) < 4.78 is 5.40. The molecule has 0 aliphatic rings. The molecule has 0 radical (unpaired) electrons. The monoisotopic (exact) mass is 312 g/mol. The van der Waals surface area contributed by atoms with Crippen LogP contribution in [0.15, 0.2) is 48.5 Å². The molecule has 1 amide bonds. The molecule has 4 heteroatoms. The Balaban J connectivity index is 1.72. The van der Waals surface area contributed by atoms with Crippen molar-refractivity contribution >= 4 is 11.6 Å². The molecule has 122 valence electrons. The van der Waals surface area contributed by atoms with Crippen LogP contribution in [0.1, 0.15) is 24.0 Å². The van der Waals surface area contributed by atoms with Crippen LogP contribution >= 0.6 is 0 Å². The van der Waals surface area contributed by atoms with Crippen molar-refractivity contribution in [1.82, 2.24) is 0 Å². The van der Waals surface area contributed by atoms with Crippen molar-refractivity contribution in [1.29, 1.82) is 0 Å². The first-order valence-corrected chi connectivity index (χ1v) is 7.96. The van der Waals surface area contributed by atoms with Gasteiger partial charge >= 0.3 is 0 Å². The second-order valence-corrected chi connectivity index (χ2v) is 5.55. The Morgan fingerprint density at radius 1 is 1.09 bits per heavy atom. The molecule has 0 unspecified atom stereocenters. The number of hydrogen-bond acceptors (Lipinski definition) is 3. The topological polar surface area (TPSA) is 64.3 Å². The first kappa shape index (κ1) is 17.0. The lowest BCUT2D eigenvalue weighted by Crippen LogP contribution is -2.12. The van der Waals surface area contributed by atoms with Crippen molar-refractivity contribution < 1.29 is 9.53 Å². The van der Waals surface area contributed by atoms with Crippen LogP contribution in [0.5, 0.6) is 5.75 Å². The number of hydrogen-bond donors (Lipinski definition) is 2. The lowest BCUT2D eigenvalue weighted by Gasteiger charge is -2.08. The van der Waals surface area contributed by atoms with E-state index in [0.29, 0.717) is 19.6 Å². The molecule has 3 N–H and O–H groups in total. The quantitative estimate of drug-likeness (QED) is 0.786. The number of carbonyl (C=O) groups excluding carboxylic acids is 1. The van der Waals surface area contributed by atoms with E-state index in [4.69, 9.17) is 10.5 Å². The van der Waals surface area contributed by atoms with E-state index in [9.17, 15) is 4.79 Å². The van der Waals surface area contributed by atoms with Crippen molar-refractivity contribution in [3.05, 3.63) is 59.7 Å². The van der Waals surface area contributed by atoms with E-state index in [2.05, 4.69) is 36.5 Å². The van der Waals surface area contributed by atoms with Gasteiger partial charge in [0.1, 0.15) is 12.4 Å². The highest BCUT2D eigenvalue weighted by Gasteiger charge is 2.03. The van der Waals surface area contributed by atoms with Crippen molar-refractivity contribution in [3.63, 3.8) is 0 Å². The minimum Gasteiger partial charge on any atom is -0.492 e. The molecule has 23 heavy (non-hydrogen) atoms. The summed E-state index contributed by atoms with van der Waals surface area (Å²) in [4.78, 5) is 12.0. The third-order valence-corrected chi connectivity index (χ3v) is 3.51. The van der Waals surface area contributed by atoms with Crippen LogP contribution in [0.4, 0.5) is 5.69 Å². The summed E-state index contributed by atoms with van der Waals surface area (Å²) in [5.41, 5.74) is 8.69. The van der Waals surface area contributed by atoms with Crippen LogP contribution in [-0.2, 0) is 11.2 Å². The largest absolute Gasteiger partial charge is 0.492 e. The Hall–Kier alpha value is -2.33. The third-order valence-electron chi connectivity index (χ3n) is 3.51. The first-order chi connectivity index (χ1) is 11.2. The van der Waals surface area contributed by atoms with Crippen LogP contribution in [0, 0.1) is 6.92 Å². The number of rotatable bonds is 8. The van der Waals surface area contributed by atoms with Gasteiger partial charge in [-0.2, -0.15) is 0 Å². The van der Waals surface area contributed by atoms with Gasteiger partial charge in [-0.05, 0) is 49.6 Å². The lowest BCUT2D eigenvalue weighted by molar-refractivity contribution is -0.116. The van der Waals surface area contributed by atoms with Crippen molar-refractivity contribution in [3.8, 4) is 5.75 Å². The molecule has 2 aromatic rings. The molecule has 0 heterocycles. The Morgan fingerprint density at radius 3 is 2.43 bits per heavy atom. The van der Waals surface area contributed by atoms with Gasteiger partial charge in [0.2, 0.25) is 5.91 Å². The molecule has 2 rings (SSSR count). The van der Waals surface area contributed by atoms with Crippen LogP contribution in [-0.4, -0.2) is 19.1 Å². The normalized spacial score (nSPS) is 10.3. The average molecular weight is 312 g/mol. The molecule has 0 saturated heterocycles. The fraction of sp³-hybridized carbons (Fsp3) is 0.316. The molecular formula is C19H24N2O2. The van der Waals surface area contributed by atoms with Crippen LogP contribution in [0.25, 0.3) is 0 Å². The van der Waals surface area contributed by atoms with Gasteiger partial charge < -0.3 is 15.8 Å². The van der Waals surface area contributed by atoms with Gasteiger partial charge in [0.15, 0.2) is 0 Å². The van der Waals surface area contributed by atoms with E-state index < -0.39 is 0 Å². The van der Waals surface area contributed by atoms with Crippen LogP contribution in [0.2, 0.25) is 0 Å². The van der Waals surface area contributed by atoms with Gasteiger partial charge in [-0.25, -0.2) is 0 Å². The number of nitrogens with two attached hydrogens (primary N) is 1. The summed E-state index contributed by atoms with van der Waals surface area (Å²) in [7, 11) is 0. The number of amides is 1. The summed E-state index contributed by atoms with van der Waals surface area (Å²) in [6, 6.07) is 15.8. The van der Waals surface area contributed by atoms with Gasteiger partial charge in [0, 0.05) is 18.7 Å². The highest BCUT2D eigenvalue weighted by molar-refractivity contribution is 5.90. The SMILES string of the molecule is Cc1ccc(CCCC(=O)Nc2ccc(OCCN)cc2)cc1.